The van der Waals surface area contributed by atoms with E-state index < -0.39 is 42.3 Å². The lowest BCUT2D eigenvalue weighted by molar-refractivity contribution is -0.112. The van der Waals surface area contributed by atoms with Crippen LogP contribution in [-0.2, 0) is 31.8 Å². The Labute approximate surface area is 286 Å². The summed E-state index contributed by atoms with van der Waals surface area (Å²) in [5, 5.41) is 56.0. The van der Waals surface area contributed by atoms with E-state index in [1.54, 1.807) is 45.1 Å². The van der Waals surface area contributed by atoms with Crippen LogP contribution in [-0.4, -0.2) is 82.4 Å². The molecule has 6 atom stereocenters. The average Bonchev–Trinajstić information content (AvgIpc) is 3.05. The van der Waals surface area contributed by atoms with Crippen LogP contribution in [0.25, 0.3) is 0 Å². The maximum absolute atomic E-state index is 13.2. The molecule has 49 heavy (non-hydrogen) atoms. The van der Waals surface area contributed by atoms with Crippen molar-refractivity contribution in [1.29, 1.82) is 0 Å². The predicted octanol–water partition coefficient (Wildman–Crippen LogP) is 4.91. The molecule has 0 saturated carbocycles. The molecule has 1 aliphatic rings. The normalized spacial score (nSPS) is 25.3. The maximum atomic E-state index is 13.2. The number of phenols is 4. The quantitative estimate of drug-likeness (QED) is 0.0946. The second kappa shape index (κ2) is 17.5. The number of phenolic OH excluding ortho intramolecular Hbond substituents is 4. The number of carbonyl (C=O) groups excluding carboxylic acids is 2. The molecule has 2 aromatic carbocycles. The van der Waals surface area contributed by atoms with E-state index in [9.17, 15) is 35.1 Å². The molecular formula is C36H47N3O10. The van der Waals surface area contributed by atoms with Gasteiger partial charge in [-0.15, -0.1) is 0 Å². The fraction of sp³-hybridized carbons (Fsp3) is 0.417. The van der Waals surface area contributed by atoms with Crippen molar-refractivity contribution in [3.05, 3.63) is 70.8 Å². The Morgan fingerprint density at radius 1 is 1.06 bits per heavy atom. The highest BCUT2D eigenvalue weighted by Gasteiger charge is 2.30. The third kappa shape index (κ3) is 10.3. The van der Waals surface area contributed by atoms with E-state index in [1.165, 1.54) is 44.7 Å². The number of aliphatic hydroxyl groups is 1. The number of rotatable bonds is 6. The molecule has 1 heterocycles. The zero-order valence-corrected chi connectivity index (χ0v) is 28.6. The third-order valence-electron chi connectivity index (χ3n) is 8.39. The molecule has 6 unspecified atom stereocenters. The molecule has 2 amide bonds. The highest BCUT2D eigenvalue weighted by Crippen LogP contribution is 2.44. The van der Waals surface area contributed by atoms with Crippen molar-refractivity contribution in [2.24, 2.45) is 22.6 Å². The lowest BCUT2D eigenvalue weighted by atomic mass is 9.87. The summed E-state index contributed by atoms with van der Waals surface area (Å²) in [5.74, 6) is -2.40. The number of benzene rings is 2. The van der Waals surface area contributed by atoms with Crippen molar-refractivity contribution in [2.75, 3.05) is 19.5 Å². The molecular weight excluding hydrogens is 634 g/mol. The molecule has 3 rings (SSSR count). The number of fused-ring (bicyclic) bond motifs is 2. The SMILES string of the molecule is COC1C=C/C=C(\C)C(=O)Nc2cc(O)c(N=CCc3ccc(O)c(O)c3)c(c2O)CC(C)CC(OC)C(O)C(C)C=C(C)C1OC(N)=O. The second-order valence-electron chi connectivity index (χ2n) is 12.3. The molecule has 13 nitrogen and oxygen atoms in total. The number of amides is 2. The van der Waals surface area contributed by atoms with Gasteiger partial charge in [0.15, 0.2) is 17.6 Å². The summed E-state index contributed by atoms with van der Waals surface area (Å²) >= 11 is 0. The minimum atomic E-state index is -1.01. The van der Waals surface area contributed by atoms with E-state index in [4.69, 9.17) is 19.9 Å². The Morgan fingerprint density at radius 3 is 2.41 bits per heavy atom. The van der Waals surface area contributed by atoms with Crippen molar-refractivity contribution in [3.8, 4) is 23.0 Å². The molecule has 2 aromatic rings. The number of anilines is 1. The topological polar surface area (TPSA) is 213 Å². The number of nitrogens with one attached hydrogen (secondary N) is 1. The number of hydrogen-bond acceptors (Lipinski definition) is 11. The molecule has 0 aromatic heterocycles. The summed E-state index contributed by atoms with van der Waals surface area (Å²) in [6, 6.07) is 5.56. The van der Waals surface area contributed by atoms with E-state index in [1.807, 2.05) is 6.92 Å². The lowest BCUT2D eigenvalue weighted by Gasteiger charge is -2.29. The number of methoxy groups -OCH3 is 2. The van der Waals surface area contributed by atoms with E-state index in [0.717, 1.165) is 0 Å². The predicted molar refractivity (Wildman–Crippen MR) is 185 cm³/mol. The monoisotopic (exact) mass is 681 g/mol. The Hall–Kier alpha value is -4.85. The Balaban J connectivity index is 2.10. The molecule has 1 aliphatic heterocycles. The van der Waals surface area contributed by atoms with Crippen LogP contribution in [0.1, 0.15) is 45.2 Å². The van der Waals surface area contributed by atoms with Crippen LogP contribution in [0.4, 0.5) is 16.2 Å². The number of nitrogens with two attached hydrogens (primary N) is 1. The van der Waals surface area contributed by atoms with Crippen LogP contribution < -0.4 is 11.1 Å². The van der Waals surface area contributed by atoms with E-state index in [0.29, 0.717) is 17.6 Å². The second-order valence-corrected chi connectivity index (χ2v) is 12.3. The van der Waals surface area contributed by atoms with E-state index in [2.05, 4.69) is 10.3 Å². The number of aliphatic hydroxyl groups excluding tert-OH is 1. The first-order valence-electron chi connectivity index (χ1n) is 15.8. The van der Waals surface area contributed by atoms with Gasteiger partial charge in [0.1, 0.15) is 23.3 Å². The molecule has 0 aliphatic carbocycles. The Bertz CT molecular complexity index is 1620. The van der Waals surface area contributed by atoms with Gasteiger partial charge in [-0.1, -0.05) is 44.2 Å². The fourth-order valence-electron chi connectivity index (χ4n) is 5.68. The van der Waals surface area contributed by atoms with Gasteiger partial charge in [-0.3, -0.25) is 9.79 Å². The van der Waals surface area contributed by atoms with Gasteiger partial charge < -0.3 is 50.8 Å². The van der Waals surface area contributed by atoms with Crippen LogP contribution >= 0.6 is 0 Å². The van der Waals surface area contributed by atoms with Crippen LogP contribution in [0.5, 0.6) is 23.0 Å². The minimum absolute atomic E-state index is 0.0387. The molecule has 0 radical (unpaired) electrons. The number of ether oxygens (including phenoxy) is 3. The van der Waals surface area contributed by atoms with Gasteiger partial charge >= 0.3 is 6.09 Å². The van der Waals surface area contributed by atoms with Gasteiger partial charge in [0.25, 0.3) is 5.91 Å². The van der Waals surface area contributed by atoms with Gasteiger partial charge in [-0.2, -0.15) is 0 Å². The lowest BCUT2D eigenvalue weighted by Crippen LogP contribution is -2.37. The zero-order chi connectivity index (χ0) is 36.4. The number of aliphatic imine (C=N–C) groups is 1. The van der Waals surface area contributed by atoms with Gasteiger partial charge in [-0.05, 0) is 55.9 Å². The molecule has 0 saturated heterocycles. The zero-order valence-electron chi connectivity index (χ0n) is 28.6. The fourth-order valence-corrected chi connectivity index (χ4v) is 5.68. The number of primary amides is 1. The molecule has 0 fully saturated rings. The van der Waals surface area contributed by atoms with Gasteiger partial charge in [-0.25, -0.2) is 4.79 Å². The average molecular weight is 682 g/mol. The first-order chi connectivity index (χ1) is 23.2. The standard InChI is InChI=1S/C36H47N3O10/c1-19-14-24-31(38-13-12-23-10-11-26(40)27(41)17-23)28(42)18-25(33(24)44)39-35(45)20(2)8-7-9-29(47-5)34(49-36(37)46)22(4)16-21(3)32(43)30(15-19)48-6/h7-11,13,16-19,21,29-30,32,34,40-44H,12,14-15H2,1-6H3,(H2,37,46)(H,39,45)/b9-7?,20-8+,22-16?,38-13?. The van der Waals surface area contributed by atoms with Crippen molar-refractivity contribution in [3.63, 3.8) is 0 Å². The van der Waals surface area contributed by atoms with Crippen molar-refractivity contribution >= 4 is 29.6 Å². The summed E-state index contributed by atoms with van der Waals surface area (Å²) in [6.07, 6.45) is 4.24. The molecule has 13 heteroatoms. The smallest absolute Gasteiger partial charge is 0.405 e. The minimum Gasteiger partial charge on any atom is -0.506 e. The first kappa shape index (κ1) is 38.6. The van der Waals surface area contributed by atoms with E-state index in [-0.39, 0.29) is 64.3 Å². The summed E-state index contributed by atoms with van der Waals surface area (Å²) in [6.45, 7) is 6.97. The summed E-state index contributed by atoms with van der Waals surface area (Å²) in [4.78, 5) is 29.4. The number of allylic oxidation sites excluding steroid dienone is 2. The van der Waals surface area contributed by atoms with E-state index >= 15 is 0 Å². The summed E-state index contributed by atoms with van der Waals surface area (Å²) < 4.78 is 16.7. The number of hydrogen-bond donors (Lipinski definition) is 7. The number of aromatic hydroxyl groups is 4. The Kier molecular flexibility index (Phi) is 13.8. The highest BCUT2D eigenvalue weighted by molar-refractivity contribution is 6.04. The number of carbonyl (C=O) groups is 2. The van der Waals surface area contributed by atoms with Crippen LogP contribution in [0.2, 0.25) is 0 Å². The van der Waals surface area contributed by atoms with Crippen LogP contribution in [0.3, 0.4) is 0 Å². The summed E-state index contributed by atoms with van der Waals surface area (Å²) in [5.41, 5.74) is 7.13. The molecule has 266 valence electrons. The first-order valence-corrected chi connectivity index (χ1v) is 15.8. The van der Waals surface area contributed by atoms with Crippen LogP contribution in [0, 0.1) is 11.8 Å². The Morgan fingerprint density at radius 2 is 1.78 bits per heavy atom. The third-order valence-corrected chi connectivity index (χ3v) is 8.39. The number of nitrogens with zero attached hydrogens (tertiary/aromatic N) is 1. The highest BCUT2D eigenvalue weighted by atomic mass is 16.6. The molecule has 0 spiro atoms. The molecule has 8 N–H and O–H groups in total. The van der Waals surface area contributed by atoms with Crippen LogP contribution in [0.15, 0.2) is 64.7 Å². The molecule has 2 bridgehead atoms. The summed E-state index contributed by atoms with van der Waals surface area (Å²) in [7, 11) is 2.91. The van der Waals surface area contributed by atoms with Gasteiger partial charge in [0.2, 0.25) is 0 Å². The maximum Gasteiger partial charge on any atom is 0.405 e. The van der Waals surface area contributed by atoms with Gasteiger partial charge in [0, 0.05) is 50.0 Å². The van der Waals surface area contributed by atoms with Crippen molar-refractivity contribution in [2.45, 2.75) is 71.4 Å². The van der Waals surface area contributed by atoms with Crippen molar-refractivity contribution < 1.29 is 49.3 Å². The van der Waals surface area contributed by atoms with Crippen molar-refractivity contribution in [1.82, 2.24) is 0 Å². The largest absolute Gasteiger partial charge is 0.506 e. The van der Waals surface area contributed by atoms with Gasteiger partial charge in [0.05, 0.1) is 17.9 Å².